The van der Waals surface area contributed by atoms with E-state index in [2.05, 4.69) is 6.92 Å². The number of hydrogen-bond donors (Lipinski definition) is 1. The summed E-state index contributed by atoms with van der Waals surface area (Å²) >= 11 is 0. The average molecular weight is 332 g/mol. The number of carbonyl (C=O) groups is 3. The highest BCUT2D eigenvalue weighted by atomic mass is 16.4. The Kier molecular flexibility index (Phi) is 9.66. The molecule has 0 aromatic carbocycles. The van der Waals surface area contributed by atoms with Gasteiger partial charge in [-0.3, -0.25) is 14.4 Å². The Morgan fingerprint density at radius 2 is 1.96 bits per heavy atom. The van der Waals surface area contributed by atoms with Crippen molar-refractivity contribution >= 4 is 17.5 Å². The molecule has 0 heterocycles. The first kappa shape index (κ1) is 20.1. The number of carboxylic acids is 1. The van der Waals surface area contributed by atoms with Crippen LogP contribution in [0.25, 0.3) is 0 Å². The lowest BCUT2D eigenvalue weighted by atomic mass is 9.90. The quantitative estimate of drug-likeness (QED) is 0.329. The highest BCUT2D eigenvalue weighted by molar-refractivity contribution is 5.95. The molecule has 2 atom stereocenters. The Morgan fingerprint density at radius 1 is 1.17 bits per heavy atom. The predicted octanol–water partition coefficient (Wildman–Crippen LogP) is 4.26. The van der Waals surface area contributed by atoms with Crippen LogP contribution in [0.4, 0.5) is 0 Å². The van der Waals surface area contributed by atoms with Crippen LogP contribution in [0.1, 0.15) is 58.3 Å². The fourth-order valence-electron chi connectivity index (χ4n) is 2.71. The van der Waals surface area contributed by atoms with Gasteiger partial charge in [0.1, 0.15) is 0 Å². The minimum absolute atomic E-state index is 0.0173. The van der Waals surface area contributed by atoms with E-state index in [9.17, 15) is 14.4 Å². The molecule has 0 saturated heterocycles. The lowest BCUT2D eigenvalue weighted by Gasteiger charge is -2.12. The summed E-state index contributed by atoms with van der Waals surface area (Å²) in [5.74, 6) is -0.721. The Hall–Kier alpha value is -1.97. The van der Waals surface area contributed by atoms with Crippen molar-refractivity contribution < 1.29 is 19.5 Å². The van der Waals surface area contributed by atoms with Gasteiger partial charge in [-0.15, -0.1) is 0 Å². The molecule has 0 radical (unpaired) electrons. The third-order valence-corrected chi connectivity index (χ3v) is 4.16. The van der Waals surface area contributed by atoms with Crippen molar-refractivity contribution in [2.75, 3.05) is 0 Å². The van der Waals surface area contributed by atoms with Gasteiger partial charge in [-0.2, -0.15) is 0 Å². The minimum Gasteiger partial charge on any atom is -0.481 e. The monoisotopic (exact) mass is 332 g/mol. The van der Waals surface area contributed by atoms with Crippen molar-refractivity contribution in [1.29, 1.82) is 0 Å². The van der Waals surface area contributed by atoms with E-state index in [0.717, 1.165) is 19.3 Å². The summed E-state index contributed by atoms with van der Waals surface area (Å²) in [6.07, 6.45) is 16.6. The van der Waals surface area contributed by atoms with E-state index in [1.807, 2.05) is 24.3 Å². The molecule has 0 spiro atoms. The molecule has 4 nitrogen and oxygen atoms in total. The van der Waals surface area contributed by atoms with Gasteiger partial charge in [0.05, 0.1) is 0 Å². The predicted molar refractivity (Wildman–Crippen MR) is 94.7 cm³/mol. The summed E-state index contributed by atoms with van der Waals surface area (Å²) < 4.78 is 0. The van der Waals surface area contributed by atoms with E-state index < -0.39 is 5.97 Å². The number of carbonyl (C=O) groups excluding carboxylic acids is 2. The van der Waals surface area contributed by atoms with Gasteiger partial charge in [0, 0.05) is 24.7 Å². The molecule has 1 rings (SSSR count). The summed E-state index contributed by atoms with van der Waals surface area (Å²) in [5.41, 5.74) is 0. The molecule has 1 N–H and O–H groups in total. The van der Waals surface area contributed by atoms with Crippen LogP contribution in [0.5, 0.6) is 0 Å². The van der Waals surface area contributed by atoms with Crippen molar-refractivity contribution in [3.05, 3.63) is 36.5 Å². The molecule has 0 amide bonds. The second kappa shape index (κ2) is 11.5. The number of ketones is 2. The van der Waals surface area contributed by atoms with E-state index in [0.29, 0.717) is 25.7 Å². The molecular weight excluding hydrogens is 304 g/mol. The van der Waals surface area contributed by atoms with Crippen LogP contribution in [0.15, 0.2) is 36.5 Å². The lowest BCUT2D eigenvalue weighted by molar-refractivity contribution is -0.137. The van der Waals surface area contributed by atoms with Gasteiger partial charge in [0.15, 0.2) is 11.6 Å². The van der Waals surface area contributed by atoms with Crippen LogP contribution in [-0.4, -0.2) is 22.6 Å². The van der Waals surface area contributed by atoms with Crippen LogP contribution in [0, 0.1) is 11.8 Å². The molecule has 1 aliphatic rings. The smallest absolute Gasteiger partial charge is 0.303 e. The van der Waals surface area contributed by atoms with Gasteiger partial charge >= 0.3 is 5.97 Å². The van der Waals surface area contributed by atoms with Gasteiger partial charge in [-0.05, 0) is 37.8 Å². The van der Waals surface area contributed by atoms with E-state index in [-0.39, 0.29) is 29.8 Å². The van der Waals surface area contributed by atoms with Crippen molar-refractivity contribution in [3.8, 4) is 0 Å². The molecule has 4 heteroatoms. The first-order valence-electron chi connectivity index (χ1n) is 8.84. The van der Waals surface area contributed by atoms with Crippen LogP contribution >= 0.6 is 0 Å². The van der Waals surface area contributed by atoms with Gasteiger partial charge < -0.3 is 5.11 Å². The maximum atomic E-state index is 11.9. The summed E-state index contributed by atoms with van der Waals surface area (Å²) in [4.78, 5) is 34.1. The fourth-order valence-corrected chi connectivity index (χ4v) is 2.71. The molecule has 0 saturated carbocycles. The average Bonchev–Trinajstić information content (AvgIpc) is 2.89. The van der Waals surface area contributed by atoms with E-state index >= 15 is 0 Å². The van der Waals surface area contributed by atoms with Crippen molar-refractivity contribution in [2.45, 2.75) is 58.3 Å². The van der Waals surface area contributed by atoms with Crippen molar-refractivity contribution in [2.24, 2.45) is 11.8 Å². The number of hydrogen-bond acceptors (Lipinski definition) is 3. The van der Waals surface area contributed by atoms with E-state index in [1.54, 1.807) is 12.2 Å². The molecule has 0 aromatic heterocycles. The Labute approximate surface area is 144 Å². The zero-order valence-corrected chi connectivity index (χ0v) is 14.4. The normalized spacial score (nSPS) is 20.5. The molecule has 24 heavy (non-hydrogen) atoms. The zero-order chi connectivity index (χ0) is 17.8. The molecule has 0 aliphatic heterocycles. The summed E-state index contributed by atoms with van der Waals surface area (Å²) in [7, 11) is 0. The third-order valence-electron chi connectivity index (χ3n) is 4.16. The third kappa shape index (κ3) is 8.04. The van der Waals surface area contributed by atoms with Gasteiger partial charge in [0.2, 0.25) is 0 Å². The Balaban J connectivity index is 2.39. The molecule has 1 aliphatic carbocycles. The second-order valence-electron chi connectivity index (χ2n) is 6.22. The number of aliphatic carboxylic acids is 1. The van der Waals surface area contributed by atoms with Gasteiger partial charge in [-0.25, -0.2) is 0 Å². The summed E-state index contributed by atoms with van der Waals surface area (Å²) in [5, 5.41) is 8.57. The maximum Gasteiger partial charge on any atom is 0.303 e. The van der Waals surface area contributed by atoms with Crippen molar-refractivity contribution in [3.63, 3.8) is 0 Å². The van der Waals surface area contributed by atoms with Crippen molar-refractivity contribution in [1.82, 2.24) is 0 Å². The Morgan fingerprint density at radius 3 is 2.67 bits per heavy atom. The molecule has 132 valence electrons. The van der Waals surface area contributed by atoms with Crippen LogP contribution in [0.3, 0.4) is 0 Å². The van der Waals surface area contributed by atoms with Gasteiger partial charge in [0.25, 0.3) is 0 Å². The highest BCUT2D eigenvalue weighted by Crippen LogP contribution is 2.27. The molecule has 0 unspecified atom stereocenters. The zero-order valence-electron chi connectivity index (χ0n) is 14.4. The first-order valence-corrected chi connectivity index (χ1v) is 8.84. The van der Waals surface area contributed by atoms with E-state index in [4.69, 9.17) is 5.11 Å². The Bertz CT molecular complexity index is 514. The SMILES string of the molecule is CCCCCC(=O)/C=C/[C@H]1C=CC(=O)[C@@H]1C/C=C\CCCC(=O)O. The van der Waals surface area contributed by atoms with Crippen LogP contribution < -0.4 is 0 Å². The highest BCUT2D eigenvalue weighted by Gasteiger charge is 2.27. The first-order chi connectivity index (χ1) is 11.5. The van der Waals surface area contributed by atoms with Crippen LogP contribution in [0.2, 0.25) is 0 Å². The summed E-state index contributed by atoms with van der Waals surface area (Å²) in [6, 6.07) is 0. The maximum absolute atomic E-state index is 11.9. The standard InChI is InChI=1S/C20H28O4/c1-2-3-6-9-17(21)14-12-16-13-15-19(22)18(16)10-7-4-5-8-11-20(23)24/h4,7,12-16,18H,2-3,5-6,8-11H2,1H3,(H,23,24)/b7-4-,14-12+/t16-,18+/m0/s1. The molecule has 0 aromatic rings. The molecular formula is C20H28O4. The lowest BCUT2D eigenvalue weighted by Crippen LogP contribution is -2.13. The largest absolute Gasteiger partial charge is 0.481 e. The van der Waals surface area contributed by atoms with Gasteiger partial charge in [-0.1, -0.05) is 44.1 Å². The number of carboxylic acid groups (broad SMARTS) is 1. The number of unbranched alkanes of at least 4 members (excludes halogenated alkanes) is 3. The topological polar surface area (TPSA) is 71.4 Å². The fraction of sp³-hybridized carbons (Fsp3) is 0.550. The number of allylic oxidation sites excluding steroid dienone is 6. The molecule has 0 fully saturated rings. The van der Waals surface area contributed by atoms with E-state index in [1.165, 1.54) is 0 Å². The minimum atomic E-state index is -0.785. The van der Waals surface area contributed by atoms with Crippen LogP contribution in [-0.2, 0) is 14.4 Å². The molecule has 0 bridgehead atoms. The second-order valence-corrected chi connectivity index (χ2v) is 6.22. The summed E-state index contributed by atoms with van der Waals surface area (Å²) in [6.45, 7) is 2.11. The number of rotatable bonds is 12.